The highest BCUT2D eigenvalue weighted by Gasteiger charge is 2.34. The highest BCUT2D eigenvalue weighted by molar-refractivity contribution is 7.92. The molecule has 0 aliphatic heterocycles. The van der Waals surface area contributed by atoms with E-state index in [0.717, 1.165) is 9.87 Å². The quantitative estimate of drug-likeness (QED) is 0.369. The third kappa shape index (κ3) is 7.61. The van der Waals surface area contributed by atoms with E-state index in [1.54, 1.807) is 74.5 Å². The van der Waals surface area contributed by atoms with Crippen molar-refractivity contribution in [1.82, 2.24) is 10.2 Å². The van der Waals surface area contributed by atoms with Gasteiger partial charge in [0.2, 0.25) is 11.8 Å². The lowest BCUT2D eigenvalue weighted by Gasteiger charge is -2.34. The van der Waals surface area contributed by atoms with E-state index in [-0.39, 0.29) is 17.3 Å². The largest absolute Gasteiger partial charge is 0.350 e. The first kappa shape index (κ1) is 30.2. The molecule has 1 atom stereocenters. The summed E-state index contributed by atoms with van der Waals surface area (Å²) in [5, 5.41) is 3.36. The van der Waals surface area contributed by atoms with Gasteiger partial charge in [0.15, 0.2) is 0 Å². The van der Waals surface area contributed by atoms with Gasteiger partial charge in [-0.15, -0.1) is 0 Å². The van der Waals surface area contributed by atoms with Crippen LogP contribution in [0.5, 0.6) is 0 Å². The highest BCUT2D eigenvalue weighted by atomic mass is 35.5. The van der Waals surface area contributed by atoms with Crippen molar-refractivity contribution in [1.29, 1.82) is 0 Å². The number of aryl methyl sites for hydroxylation is 2. The first-order valence-corrected chi connectivity index (χ1v) is 14.5. The summed E-state index contributed by atoms with van der Waals surface area (Å²) in [6.45, 7) is 10.4. The molecule has 0 bridgehead atoms. The predicted molar refractivity (Wildman–Crippen MR) is 156 cm³/mol. The molecule has 0 aliphatic rings. The van der Waals surface area contributed by atoms with Crippen LogP contribution in [0, 0.1) is 13.8 Å². The van der Waals surface area contributed by atoms with Gasteiger partial charge in [0, 0.05) is 17.1 Å². The normalized spacial score (nSPS) is 12.5. The maximum Gasteiger partial charge on any atom is 0.264 e. The summed E-state index contributed by atoms with van der Waals surface area (Å²) in [6.07, 6.45) is 0. The number of carbonyl (C=O) groups excluding carboxylic acids is 2. The van der Waals surface area contributed by atoms with Gasteiger partial charge in [-0.25, -0.2) is 8.42 Å². The first-order valence-electron chi connectivity index (χ1n) is 12.7. The summed E-state index contributed by atoms with van der Waals surface area (Å²) in [5.41, 5.74) is 2.11. The van der Waals surface area contributed by atoms with E-state index in [1.807, 2.05) is 27.7 Å². The molecular weight excluding hydrogens is 534 g/mol. The molecule has 1 unspecified atom stereocenters. The fourth-order valence-electron chi connectivity index (χ4n) is 4.06. The number of nitrogens with zero attached hydrogens (tertiary/aromatic N) is 2. The third-order valence-electron chi connectivity index (χ3n) is 6.24. The second kappa shape index (κ2) is 12.2. The second-order valence-corrected chi connectivity index (χ2v) is 12.9. The highest BCUT2D eigenvalue weighted by Crippen LogP contribution is 2.28. The SMILES string of the molecule is Cc1ccc(S(=O)(=O)N(CC(=O)N(Cc2ccccc2Cl)C(C)C(=O)NC(C)(C)C)c2ccccc2C)cc1. The summed E-state index contributed by atoms with van der Waals surface area (Å²) in [6, 6.07) is 19.6. The Morgan fingerprint density at radius 2 is 1.51 bits per heavy atom. The lowest BCUT2D eigenvalue weighted by Crippen LogP contribution is -2.54. The van der Waals surface area contributed by atoms with E-state index < -0.39 is 34.1 Å². The maximum atomic E-state index is 14.0. The molecule has 1 N–H and O–H groups in total. The molecular formula is C30H36ClN3O4S. The van der Waals surface area contributed by atoms with Crippen molar-refractivity contribution in [3.05, 3.63) is 94.5 Å². The zero-order valence-electron chi connectivity index (χ0n) is 23.2. The molecule has 39 heavy (non-hydrogen) atoms. The smallest absolute Gasteiger partial charge is 0.264 e. The molecule has 0 aliphatic carbocycles. The average molecular weight is 570 g/mol. The Kier molecular flexibility index (Phi) is 9.46. The van der Waals surface area contributed by atoms with Gasteiger partial charge in [-0.05, 0) is 76.9 Å². The standard InChI is InChI=1S/C30H36ClN3O4S/c1-21-15-17-25(18-16-21)39(37,38)34(27-14-10-7-11-22(27)2)20-28(35)33(19-24-12-8-9-13-26(24)31)23(3)29(36)32-30(4,5)6/h7-18,23H,19-20H2,1-6H3,(H,32,36). The van der Waals surface area contributed by atoms with E-state index in [4.69, 9.17) is 11.6 Å². The molecule has 0 saturated carbocycles. The van der Waals surface area contributed by atoms with Gasteiger partial charge in [-0.3, -0.25) is 13.9 Å². The Morgan fingerprint density at radius 3 is 2.10 bits per heavy atom. The fourth-order valence-corrected chi connectivity index (χ4v) is 5.74. The van der Waals surface area contributed by atoms with E-state index in [9.17, 15) is 18.0 Å². The second-order valence-electron chi connectivity index (χ2n) is 10.6. The molecule has 2 amide bonds. The number of hydrogen-bond acceptors (Lipinski definition) is 4. The van der Waals surface area contributed by atoms with Crippen LogP contribution in [0.1, 0.15) is 44.4 Å². The van der Waals surface area contributed by atoms with Gasteiger partial charge in [0.25, 0.3) is 10.0 Å². The molecule has 3 aromatic carbocycles. The van der Waals surface area contributed by atoms with Crippen LogP contribution in [0.3, 0.4) is 0 Å². The molecule has 7 nitrogen and oxygen atoms in total. The number of halogens is 1. The predicted octanol–water partition coefficient (Wildman–Crippen LogP) is 5.48. The number of benzene rings is 3. The van der Waals surface area contributed by atoms with Gasteiger partial charge < -0.3 is 10.2 Å². The number of para-hydroxylation sites is 1. The summed E-state index contributed by atoms with van der Waals surface area (Å²) in [4.78, 5) is 28.6. The molecule has 208 valence electrons. The monoisotopic (exact) mass is 569 g/mol. The number of sulfonamides is 1. The zero-order chi connectivity index (χ0) is 29.0. The molecule has 0 radical (unpaired) electrons. The molecule has 0 aromatic heterocycles. The van der Waals surface area contributed by atoms with Crippen molar-refractivity contribution in [3.8, 4) is 0 Å². The number of carbonyl (C=O) groups is 2. The van der Waals surface area contributed by atoms with Crippen LogP contribution in [-0.2, 0) is 26.2 Å². The van der Waals surface area contributed by atoms with E-state index in [2.05, 4.69) is 5.32 Å². The van der Waals surface area contributed by atoms with Gasteiger partial charge >= 0.3 is 0 Å². The minimum Gasteiger partial charge on any atom is -0.350 e. The van der Waals surface area contributed by atoms with E-state index >= 15 is 0 Å². The molecule has 0 heterocycles. The fraction of sp³-hybridized carbons (Fsp3) is 0.333. The third-order valence-corrected chi connectivity index (χ3v) is 8.38. The molecule has 3 rings (SSSR count). The van der Waals surface area contributed by atoms with Crippen LogP contribution in [0.25, 0.3) is 0 Å². The van der Waals surface area contributed by atoms with Gasteiger partial charge in [-0.1, -0.05) is 65.7 Å². The minimum atomic E-state index is -4.12. The Balaban J connectivity index is 2.06. The summed E-state index contributed by atoms with van der Waals surface area (Å²) in [5.74, 6) is -0.892. The molecule has 0 fully saturated rings. The Labute approximate surface area is 236 Å². The zero-order valence-corrected chi connectivity index (χ0v) is 24.8. The molecule has 9 heteroatoms. The van der Waals surface area contributed by atoms with Crippen LogP contribution < -0.4 is 9.62 Å². The Bertz CT molecular complexity index is 1430. The average Bonchev–Trinajstić information content (AvgIpc) is 2.86. The van der Waals surface area contributed by atoms with Crippen LogP contribution in [0.2, 0.25) is 5.02 Å². The molecule has 0 saturated heterocycles. The number of rotatable bonds is 9. The van der Waals surface area contributed by atoms with E-state index in [0.29, 0.717) is 21.8 Å². The lowest BCUT2D eigenvalue weighted by molar-refractivity contribution is -0.140. The summed E-state index contributed by atoms with van der Waals surface area (Å²) >= 11 is 6.41. The number of amides is 2. The van der Waals surface area contributed by atoms with Crippen LogP contribution in [0.15, 0.2) is 77.7 Å². The number of anilines is 1. The number of hydrogen-bond donors (Lipinski definition) is 1. The van der Waals surface area contributed by atoms with Crippen LogP contribution >= 0.6 is 11.6 Å². The van der Waals surface area contributed by atoms with Crippen molar-refractivity contribution in [3.63, 3.8) is 0 Å². The molecule has 3 aromatic rings. The van der Waals surface area contributed by atoms with Crippen LogP contribution in [-0.4, -0.2) is 43.3 Å². The summed E-state index contributed by atoms with van der Waals surface area (Å²) in [7, 11) is -4.12. The van der Waals surface area contributed by atoms with Crippen molar-refractivity contribution in [2.24, 2.45) is 0 Å². The minimum absolute atomic E-state index is 0.0312. The summed E-state index contributed by atoms with van der Waals surface area (Å²) < 4.78 is 28.9. The Hall–Kier alpha value is -3.36. The molecule has 0 spiro atoms. The maximum absolute atomic E-state index is 14.0. The van der Waals surface area contributed by atoms with Gasteiger partial charge in [0.1, 0.15) is 12.6 Å². The lowest BCUT2D eigenvalue weighted by atomic mass is 10.1. The van der Waals surface area contributed by atoms with Crippen LogP contribution in [0.4, 0.5) is 5.69 Å². The van der Waals surface area contributed by atoms with Crippen molar-refractivity contribution in [2.75, 3.05) is 10.8 Å². The van der Waals surface area contributed by atoms with Gasteiger partial charge in [-0.2, -0.15) is 0 Å². The number of nitrogens with one attached hydrogen (secondary N) is 1. The first-order chi connectivity index (χ1) is 18.2. The Morgan fingerprint density at radius 1 is 0.923 bits per heavy atom. The topological polar surface area (TPSA) is 86.8 Å². The van der Waals surface area contributed by atoms with Crippen molar-refractivity contribution < 1.29 is 18.0 Å². The van der Waals surface area contributed by atoms with E-state index in [1.165, 1.54) is 17.0 Å². The van der Waals surface area contributed by atoms with Crippen molar-refractivity contribution in [2.45, 2.75) is 64.6 Å². The van der Waals surface area contributed by atoms with Crippen molar-refractivity contribution >= 4 is 39.1 Å². The van der Waals surface area contributed by atoms with Gasteiger partial charge in [0.05, 0.1) is 10.6 Å².